The van der Waals surface area contributed by atoms with Gasteiger partial charge in [-0.3, -0.25) is 9.59 Å². The number of halogens is 1. The van der Waals surface area contributed by atoms with E-state index >= 15 is 0 Å². The fourth-order valence-electron chi connectivity index (χ4n) is 3.09. The van der Waals surface area contributed by atoms with Crippen LogP contribution < -0.4 is 10.9 Å². The summed E-state index contributed by atoms with van der Waals surface area (Å²) in [5, 5.41) is 5.19. The number of hydrogen-bond acceptors (Lipinski definition) is 5. The number of carbonyl (C=O) groups is 1. The van der Waals surface area contributed by atoms with Gasteiger partial charge < -0.3 is 10.3 Å². The van der Waals surface area contributed by atoms with Crippen molar-refractivity contribution in [1.82, 2.24) is 15.3 Å². The summed E-state index contributed by atoms with van der Waals surface area (Å²) in [6.07, 6.45) is 0. The van der Waals surface area contributed by atoms with Gasteiger partial charge in [0.25, 0.3) is 5.56 Å². The monoisotopic (exact) mass is 453 g/mol. The number of nitrogens with one attached hydrogen (secondary N) is 2. The maximum absolute atomic E-state index is 13.2. The van der Waals surface area contributed by atoms with Crippen LogP contribution in [0.5, 0.6) is 0 Å². The molecular formula is C23H20FN3O2S2. The van der Waals surface area contributed by atoms with E-state index < -0.39 is 5.25 Å². The summed E-state index contributed by atoms with van der Waals surface area (Å²) in [5.41, 5.74) is 3.38. The second kappa shape index (κ2) is 9.03. The molecule has 31 heavy (non-hydrogen) atoms. The van der Waals surface area contributed by atoms with Gasteiger partial charge in [-0.25, -0.2) is 9.37 Å². The molecule has 5 nitrogen and oxygen atoms in total. The van der Waals surface area contributed by atoms with E-state index in [2.05, 4.69) is 15.3 Å². The SMILES string of the molecule is Cc1ccc(CNC(=O)C(C)Sc2nc3scc(-c4ccc(F)cc4)c3c(=O)[nH]2)cc1. The van der Waals surface area contributed by atoms with E-state index in [9.17, 15) is 14.0 Å². The summed E-state index contributed by atoms with van der Waals surface area (Å²) in [6, 6.07) is 14.0. The predicted molar refractivity (Wildman–Crippen MR) is 124 cm³/mol. The fraction of sp³-hybridized carbons (Fsp3) is 0.174. The van der Waals surface area contributed by atoms with Crippen molar-refractivity contribution in [3.63, 3.8) is 0 Å². The third kappa shape index (κ3) is 4.86. The number of thioether (sulfide) groups is 1. The molecule has 0 radical (unpaired) electrons. The van der Waals surface area contributed by atoms with Gasteiger partial charge in [0.2, 0.25) is 5.91 Å². The normalized spacial score (nSPS) is 12.1. The molecule has 4 rings (SSSR count). The van der Waals surface area contributed by atoms with Gasteiger partial charge in [0, 0.05) is 17.5 Å². The number of H-pyrrole nitrogens is 1. The molecule has 2 aromatic carbocycles. The Hall–Kier alpha value is -2.97. The molecule has 8 heteroatoms. The van der Waals surface area contributed by atoms with Crippen molar-refractivity contribution in [1.29, 1.82) is 0 Å². The smallest absolute Gasteiger partial charge is 0.260 e. The quantitative estimate of drug-likeness (QED) is 0.322. The molecular weight excluding hydrogens is 433 g/mol. The molecule has 1 atom stereocenters. The molecule has 0 bridgehead atoms. The molecule has 0 aliphatic rings. The Kier molecular flexibility index (Phi) is 6.20. The van der Waals surface area contributed by atoms with Gasteiger partial charge in [0.15, 0.2) is 5.16 Å². The lowest BCUT2D eigenvalue weighted by Crippen LogP contribution is -2.30. The molecule has 158 valence electrons. The van der Waals surface area contributed by atoms with Crippen molar-refractivity contribution < 1.29 is 9.18 Å². The van der Waals surface area contributed by atoms with Crippen LogP contribution in [0.3, 0.4) is 0 Å². The third-order valence-electron chi connectivity index (χ3n) is 4.82. The van der Waals surface area contributed by atoms with E-state index in [1.54, 1.807) is 19.1 Å². The first kappa shape index (κ1) is 21.3. The summed E-state index contributed by atoms with van der Waals surface area (Å²) >= 11 is 2.55. The molecule has 0 saturated carbocycles. The van der Waals surface area contributed by atoms with Crippen LogP contribution in [0.2, 0.25) is 0 Å². The van der Waals surface area contributed by atoms with Gasteiger partial charge >= 0.3 is 0 Å². The van der Waals surface area contributed by atoms with E-state index in [0.717, 1.165) is 11.1 Å². The van der Waals surface area contributed by atoms with Gasteiger partial charge in [-0.05, 0) is 37.1 Å². The lowest BCUT2D eigenvalue weighted by Gasteiger charge is -2.11. The van der Waals surface area contributed by atoms with E-state index in [4.69, 9.17) is 0 Å². The molecule has 4 aromatic rings. The van der Waals surface area contributed by atoms with E-state index in [1.165, 1.54) is 40.8 Å². The zero-order valence-corrected chi connectivity index (χ0v) is 18.6. The highest BCUT2D eigenvalue weighted by atomic mass is 32.2. The summed E-state index contributed by atoms with van der Waals surface area (Å²) in [6.45, 7) is 4.23. The number of fused-ring (bicyclic) bond motifs is 1. The highest BCUT2D eigenvalue weighted by Crippen LogP contribution is 2.32. The number of rotatable bonds is 6. The summed E-state index contributed by atoms with van der Waals surface area (Å²) < 4.78 is 13.2. The largest absolute Gasteiger partial charge is 0.351 e. The molecule has 0 aliphatic heterocycles. The molecule has 2 N–H and O–H groups in total. The number of hydrogen-bond donors (Lipinski definition) is 2. The van der Waals surface area contributed by atoms with Gasteiger partial charge in [0.1, 0.15) is 10.6 Å². The average Bonchev–Trinajstić information content (AvgIpc) is 3.18. The minimum atomic E-state index is -0.428. The Morgan fingerprint density at radius 2 is 1.90 bits per heavy atom. The van der Waals surface area contributed by atoms with Gasteiger partial charge in [-0.1, -0.05) is 53.7 Å². The van der Waals surface area contributed by atoms with Crippen molar-refractivity contribution >= 4 is 39.2 Å². The van der Waals surface area contributed by atoms with Crippen LogP contribution in [0, 0.1) is 12.7 Å². The third-order valence-corrected chi connectivity index (χ3v) is 6.68. The highest BCUT2D eigenvalue weighted by Gasteiger charge is 2.18. The minimum absolute atomic E-state index is 0.133. The van der Waals surface area contributed by atoms with Gasteiger partial charge in [-0.2, -0.15) is 0 Å². The van der Waals surface area contributed by atoms with Crippen LogP contribution in [-0.2, 0) is 11.3 Å². The second-order valence-corrected chi connectivity index (χ2v) is 9.36. The van der Waals surface area contributed by atoms with Crippen molar-refractivity contribution in [2.24, 2.45) is 0 Å². The molecule has 1 unspecified atom stereocenters. The van der Waals surface area contributed by atoms with Crippen molar-refractivity contribution in [2.75, 3.05) is 0 Å². The average molecular weight is 454 g/mol. The Balaban J connectivity index is 1.48. The number of aryl methyl sites for hydroxylation is 1. The number of aromatic nitrogens is 2. The van der Waals surface area contributed by atoms with Crippen molar-refractivity contribution in [2.45, 2.75) is 30.8 Å². The summed E-state index contributed by atoms with van der Waals surface area (Å²) in [5.74, 6) is -0.463. The predicted octanol–water partition coefficient (Wildman–Crippen LogP) is 4.90. The van der Waals surface area contributed by atoms with E-state index in [0.29, 0.717) is 27.5 Å². The zero-order chi connectivity index (χ0) is 22.0. The Morgan fingerprint density at radius 3 is 2.61 bits per heavy atom. The molecule has 0 saturated heterocycles. The van der Waals surface area contributed by atoms with Crippen LogP contribution in [0.4, 0.5) is 4.39 Å². The first-order valence-electron chi connectivity index (χ1n) is 9.68. The maximum Gasteiger partial charge on any atom is 0.260 e. The molecule has 1 amide bonds. The maximum atomic E-state index is 13.2. The lowest BCUT2D eigenvalue weighted by molar-refractivity contribution is -0.120. The molecule has 0 aliphatic carbocycles. The standard InChI is InChI=1S/C23H20FN3O2S2/c1-13-3-5-15(6-4-13)11-25-20(28)14(2)31-23-26-21(29)19-18(12-30-22(19)27-23)16-7-9-17(24)10-8-16/h3-10,12,14H,11H2,1-2H3,(H,25,28)(H,26,27,29). The number of benzene rings is 2. The van der Waals surface area contributed by atoms with Crippen LogP contribution in [0.25, 0.3) is 21.3 Å². The number of thiophene rings is 1. The number of carbonyl (C=O) groups excluding carboxylic acids is 1. The minimum Gasteiger partial charge on any atom is -0.351 e. The molecule has 2 heterocycles. The van der Waals surface area contributed by atoms with E-state index in [-0.39, 0.29) is 17.3 Å². The van der Waals surface area contributed by atoms with Crippen LogP contribution in [0.1, 0.15) is 18.1 Å². The van der Waals surface area contributed by atoms with Crippen LogP contribution in [0.15, 0.2) is 63.9 Å². The first-order valence-corrected chi connectivity index (χ1v) is 11.4. The van der Waals surface area contributed by atoms with Crippen molar-refractivity contribution in [3.05, 3.63) is 81.2 Å². The van der Waals surface area contributed by atoms with Crippen molar-refractivity contribution in [3.8, 4) is 11.1 Å². The molecule has 0 fully saturated rings. The van der Waals surface area contributed by atoms with Crippen LogP contribution in [-0.4, -0.2) is 21.1 Å². The van der Waals surface area contributed by atoms with Crippen LogP contribution >= 0.6 is 23.1 Å². The Bertz CT molecular complexity index is 1280. The molecule has 0 spiro atoms. The fourth-order valence-corrected chi connectivity index (χ4v) is 4.91. The number of aromatic amines is 1. The van der Waals surface area contributed by atoms with E-state index in [1.807, 2.05) is 36.6 Å². The second-order valence-electron chi connectivity index (χ2n) is 7.17. The lowest BCUT2D eigenvalue weighted by atomic mass is 10.1. The zero-order valence-electron chi connectivity index (χ0n) is 16.9. The Morgan fingerprint density at radius 1 is 1.19 bits per heavy atom. The Labute approximate surface area is 186 Å². The van der Waals surface area contributed by atoms with Gasteiger partial charge in [-0.15, -0.1) is 11.3 Å². The number of nitrogens with zero attached hydrogens (tertiary/aromatic N) is 1. The van der Waals surface area contributed by atoms with Gasteiger partial charge in [0.05, 0.1) is 10.6 Å². The number of amides is 1. The highest BCUT2D eigenvalue weighted by molar-refractivity contribution is 8.00. The first-order chi connectivity index (χ1) is 14.9. The molecule has 2 aromatic heterocycles. The summed E-state index contributed by atoms with van der Waals surface area (Å²) in [7, 11) is 0. The summed E-state index contributed by atoms with van der Waals surface area (Å²) in [4.78, 5) is 33.1. The topological polar surface area (TPSA) is 74.8 Å².